The van der Waals surface area contributed by atoms with Gasteiger partial charge in [0, 0.05) is 0 Å². The van der Waals surface area contributed by atoms with Crippen molar-refractivity contribution in [3.63, 3.8) is 0 Å². The molecule has 22 heavy (non-hydrogen) atoms. The Labute approximate surface area is 147 Å². The summed E-state index contributed by atoms with van der Waals surface area (Å²) in [6.45, 7) is 1.43. The van der Waals surface area contributed by atoms with Gasteiger partial charge in [-0.2, -0.15) is 12.8 Å². The predicted molar refractivity (Wildman–Crippen MR) is 88.7 cm³/mol. The molecule has 0 aliphatic heterocycles. The van der Waals surface area contributed by atoms with E-state index in [9.17, 15) is 13.2 Å². The van der Waals surface area contributed by atoms with Crippen LogP contribution in [-0.4, -0.2) is 29.6 Å². The molecule has 1 aromatic rings. The Balaban J connectivity index is 2.63. The number of Topliss-reactive ketones (excluding diaryl/α,β-unsaturated/α-hetero) is 1. The molecule has 1 aliphatic carbocycles. The van der Waals surface area contributed by atoms with Gasteiger partial charge < -0.3 is 0 Å². The molecule has 2 rings (SSSR count). The van der Waals surface area contributed by atoms with Crippen LogP contribution < -0.4 is 0 Å². The van der Waals surface area contributed by atoms with Gasteiger partial charge in [0.25, 0.3) is 10.0 Å². The molecule has 0 fully saturated rings. The van der Waals surface area contributed by atoms with Crippen molar-refractivity contribution < 1.29 is 13.2 Å². The quantitative estimate of drug-likeness (QED) is 0.711. The molecule has 0 saturated carbocycles. The minimum Gasteiger partial charge on any atom is -0.290 e. The first-order chi connectivity index (χ1) is 10.1. The van der Waals surface area contributed by atoms with Crippen LogP contribution in [0.2, 0.25) is 0 Å². The maximum atomic E-state index is 12.3. The third-order valence-corrected chi connectivity index (χ3v) is 6.33. The Bertz CT molecular complexity index is 785. The molecule has 118 valence electrons. The summed E-state index contributed by atoms with van der Waals surface area (Å²) in [4.78, 5) is 11.9. The van der Waals surface area contributed by atoms with Crippen molar-refractivity contribution in [3.8, 4) is 0 Å². The first-order valence-electron chi connectivity index (χ1n) is 5.92. The van der Waals surface area contributed by atoms with Crippen molar-refractivity contribution in [3.05, 3.63) is 40.9 Å². The van der Waals surface area contributed by atoms with Crippen molar-refractivity contribution in [2.45, 2.75) is 21.5 Å². The fourth-order valence-electron chi connectivity index (χ4n) is 1.80. The van der Waals surface area contributed by atoms with Gasteiger partial charge in [-0.3, -0.25) is 4.79 Å². The van der Waals surface area contributed by atoms with Gasteiger partial charge in [-0.15, -0.1) is 11.6 Å². The number of nitrogens with zero attached hydrogens (tertiary/aromatic N) is 1. The largest absolute Gasteiger partial charge is 0.290 e. The fourth-order valence-corrected chi connectivity index (χ4v) is 4.01. The van der Waals surface area contributed by atoms with E-state index in [4.69, 9.17) is 46.4 Å². The van der Waals surface area contributed by atoms with E-state index in [1.165, 1.54) is 19.1 Å². The summed E-state index contributed by atoms with van der Waals surface area (Å²) in [6.07, 6.45) is 0. The van der Waals surface area contributed by atoms with E-state index >= 15 is 0 Å². The molecule has 0 saturated heterocycles. The summed E-state index contributed by atoms with van der Waals surface area (Å²) in [5.74, 6) is -0.786. The molecule has 0 bridgehead atoms. The second-order valence-electron chi connectivity index (χ2n) is 4.52. The molecule has 1 atom stereocenters. The fraction of sp³-hybridized carbons (Fsp3) is 0.231. The van der Waals surface area contributed by atoms with Gasteiger partial charge >= 0.3 is 0 Å². The Morgan fingerprint density at radius 2 is 1.73 bits per heavy atom. The number of hydrogen-bond donors (Lipinski definition) is 0. The average molecular weight is 401 g/mol. The van der Waals surface area contributed by atoms with E-state index in [2.05, 4.69) is 4.40 Å². The molecule has 1 aliphatic rings. The van der Waals surface area contributed by atoms with Crippen LogP contribution in [0, 0.1) is 0 Å². The molecule has 0 spiro atoms. The Hall–Kier alpha value is -0.590. The zero-order valence-corrected chi connectivity index (χ0v) is 14.9. The average Bonchev–Trinajstić information content (AvgIpc) is 2.49. The van der Waals surface area contributed by atoms with Crippen molar-refractivity contribution in [2.75, 3.05) is 0 Å². The van der Waals surface area contributed by atoms with Crippen molar-refractivity contribution >= 4 is 67.9 Å². The van der Waals surface area contributed by atoms with Crippen LogP contribution in [0.15, 0.2) is 50.2 Å². The highest BCUT2D eigenvalue weighted by Gasteiger charge is 2.50. The summed E-state index contributed by atoms with van der Waals surface area (Å²) < 4.78 is 26.2. The lowest BCUT2D eigenvalue weighted by Crippen LogP contribution is -2.46. The number of alkyl halides is 3. The third kappa shape index (κ3) is 3.05. The molecule has 0 radical (unpaired) electrons. The van der Waals surface area contributed by atoms with E-state index < -0.39 is 25.5 Å². The van der Waals surface area contributed by atoms with Gasteiger partial charge in [0.05, 0.1) is 15.6 Å². The lowest BCUT2D eigenvalue weighted by molar-refractivity contribution is -0.115. The minimum absolute atomic E-state index is 0.0260. The summed E-state index contributed by atoms with van der Waals surface area (Å²) in [7, 11) is -4.03. The van der Waals surface area contributed by atoms with Crippen molar-refractivity contribution in [1.82, 2.24) is 0 Å². The lowest BCUT2D eigenvalue weighted by atomic mass is 9.96. The maximum absolute atomic E-state index is 12.3. The van der Waals surface area contributed by atoms with Gasteiger partial charge in [0.1, 0.15) is 5.38 Å². The number of halogens is 4. The molecule has 0 amide bonds. The third-order valence-electron chi connectivity index (χ3n) is 3.03. The second kappa shape index (κ2) is 6.13. The highest BCUT2D eigenvalue weighted by atomic mass is 35.5. The van der Waals surface area contributed by atoms with Crippen LogP contribution in [0.3, 0.4) is 0 Å². The van der Waals surface area contributed by atoms with Crippen LogP contribution >= 0.6 is 46.4 Å². The van der Waals surface area contributed by atoms with Crippen LogP contribution in [-0.2, 0) is 14.8 Å². The van der Waals surface area contributed by atoms with E-state index in [1.807, 2.05) is 0 Å². The Kier molecular flexibility index (Phi) is 4.95. The molecular weight excluding hydrogens is 392 g/mol. The molecule has 1 unspecified atom stereocenters. The van der Waals surface area contributed by atoms with Gasteiger partial charge in [-0.1, -0.05) is 53.0 Å². The number of ketones is 1. The van der Waals surface area contributed by atoms with Crippen molar-refractivity contribution in [2.24, 2.45) is 4.40 Å². The topological polar surface area (TPSA) is 63.6 Å². The highest BCUT2D eigenvalue weighted by molar-refractivity contribution is 7.90. The molecule has 0 N–H and O–H groups in total. The maximum Gasteiger partial charge on any atom is 0.282 e. The number of rotatable bonds is 2. The van der Waals surface area contributed by atoms with Gasteiger partial charge in [0.15, 0.2) is 0 Å². The minimum atomic E-state index is -4.03. The SMILES string of the molecule is CC1=C(Cl)C(=O)C(Cl)(Cl)C(Cl)/C1=N\S(=O)(=O)c1ccccc1. The molecule has 0 heterocycles. The van der Waals surface area contributed by atoms with Crippen LogP contribution in [0.4, 0.5) is 0 Å². The summed E-state index contributed by atoms with van der Waals surface area (Å²) in [6, 6.07) is 7.54. The second-order valence-corrected chi connectivity index (χ2v) is 8.32. The Morgan fingerprint density at radius 3 is 2.27 bits per heavy atom. The number of hydrogen-bond acceptors (Lipinski definition) is 3. The summed E-state index contributed by atoms with van der Waals surface area (Å²) in [5, 5.41) is -1.63. The van der Waals surface area contributed by atoms with Gasteiger partial charge in [-0.25, -0.2) is 0 Å². The van der Waals surface area contributed by atoms with E-state index in [-0.39, 0.29) is 21.2 Å². The van der Waals surface area contributed by atoms with Crippen molar-refractivity contribution in [1.29, 1.82) is 0 Å². The first kappa shape index (κ1) is 17.8. The molecule has 0 aromatic heterocycles. The summed E-state index contributed by atoms with van der Waals surface area (Å²) >= 11 is 23.7. The molecule has 9 heteroatoms. The molecule has 1 aromatic carbocycles. The van der Waals surface area contributed by atoms with Crippen LogP contribution in [0.25, 0.3) is 0 Å². The predicted octanol–water partition coefficient (Wildman–Crippen LogP) is 3.69. The standard InChI is InChI=1S/C13H9Cl4NO3S/c1-7-9(14)12(19)13(16,17)11(15)10(7)18-22(20,21)8-5-3-2-4-6-8/h2-6,11H,1H3/b18-10-. The number of carbonyl (C=O) groups excluding carboxylic acids is 1. The smallest absolute Gasteiger partial charge is 0.282 e. The number of allylic oxidation sites excluding steroid dienone is 2. The van der Waals surface area contributed by atoms with Crippen LogP contribution in [0.5, 0.6) is 0 Å². The number of sulfonamides is 1. The highest BCUT2D eigenvalue weighted by Crippen LogP contribution is 2.41. The zero-order chi connectivity index (χ0) is 16.7. The van der Waals surface area contributed by atoms with E-state index in [0.717, 1.165) is 0 Å². The number of carbonyl (C=O) groups is 1. The summed E-state index contributed by atoms with van der Waals surface area (Å²) in [5.41, 5.74) is -0.0248. The normalized spacial score (nSPS) is 24.0. The van der Waals surface area contributed by atoms with Crippen LogP contribution in [0.1, 0.15) is 6.92 Å². The monoisotopic (exact) mass is 399 g/mol. The van der Waals surface area contributed by atoms with E-state index in [1.54, 1.807) is 18.2 Å². The number of benzene rings is 1. The Morgan fingerprint density at radius 1 is 1.18 bits per heavy atom. The van der Waals surface area contributed by atoms with E-state index in [0.29, 0.717) is 0 Å². The van der Waals surface area contributed by atoms with Gasteiger partial charge in [-0.05, 0) is 24.6 Å². The first-order valence-corrected chi connectivity index (χ1v) is 8.93. The van der Waals surface area contributed by atoms with Gasteiger partial charge in [0.2, 0.25) is 10.1 Å². The lowest BCUT2D eigenvalue weighted by Gasteiger charge is -2.30. The molecule has 4 nitrogen and oxygen atoms in total. The zero-order valence-electron chi connectivity index (χ0n) is 11.1. The molecular formula is C13H9Cl4NO3S.